The Kier molecular flexibility index (Phi) is 4.20. The quantitative estimate of drug-likeness (QED) is 0.732. The molecule has 2 aliphatic heterocycles. The molecule has 0 unspecified atom stereocenters. The second-order valence-corrected chi connectivity index (χ2v) is 8.09. The van der Waals surface area contributed by atoms with Gasteiger partial charge in [-0.25, -0.2) is 0 Å². The molecule has 0 aliphatic carbocycles. The van der Waals surface area contributed by atoms with Crippen molar-refractivity contribution in [2.75, 3.05) is 36.5 Å². The predicted molar refractivity (Wildman–Crippen MR) is 110 cm³/mol. The van der Waals surface area contributed by atoms with Gasteiger partial charge in [-0.1, -0.05) is 0 Å². The van der Waals surface area contributed by atoms with Crippen molar-refractivity contribution in [2.24, 2.45) is 0 Å². The lowest BCUT2D eigenvalue weighted by atomic mass is 10.0. The van der Waals surface area contributed by atoms with Crippen LogP contribution in [-0.4, -0.2) is 42.8 Å². The number of fused-ring (bicyclic) bond motifs is 2. The Hall–Kier alpha value is -3.06. The van der Waals surface area contributed by atoms with Crippen molar-refractivity contribution in [3.63, 3.8) is 0 Å². The van der Waals surface area contributed by atoms with Crippen molar-refractivity contribution in [3.05, 3.63) is 48.0 Å². The monoisotopic (exact) mass is 393 g/mol. The van der Waals surface area contributed by atoms with E-state index in [4.69, 9.17) is 13.9 Å². The van der Waals surface area contributed by atoms with Crippen molar-refractivity contribution in [1.82, 2.24) is 4.98 Å². The third-order valence-corrected chi connectivity index (χ3v) is 5.33. The second-order valence-electron chi connectivity index (χ2n) is 8.09. The highest BCUT2D eigenvalue weighted by Gasteiger charge is 2.32. The number of furan rings is 1. The molecule has 2 aromatic heterocycles. The van der Waals surface area contributed by atoms with Crippen molar-refractivity contribution in [2.45, 2.75) is 25.9 Å². The minimum absolute atomic E-state index is 0.251. The zero-order valence-electron chi connectivity index (χ0n) is 16.5. The first-order valence-corrected chi connectivity index (χ1v) is 9.82. The first-order valence-electron chi connectivity index (χ1n) is 9.82. The molecule has 29 heavy (non-hydrogen) atoms. The molecule has 1 fully saturated rings. The van der Waals surface area contributed by atoms with Gasteiger partial charge < -0.3 is 24.1 Å². The molecule has 1 saturated heterocycles. The van der Waals surface area contributed by atoms with E-state index in [2.05, 4.69) is 29.0 Å². The van der Waals surface area contributed by atoms with Gasteiger partial charge in [0.25, 0.3) is 5.91 Å². The highest BCUT2D eigenvalue weighted by Crippen LogP contribution is 2.42. The minimum Gasteiger partial charge on any atom is -0.487 e. The van der Waals surface area contributed by atoms with E-state index in [1.165, 1.54) is 0 Å². The van der Waals surface area contributed by atoms with Crippen LogP contribution in [0.15, 0.2) is 41.1 Å². The maximum absolute atomic E-state index is 12.9. The molecule has 1 N–H and O–H groups in total. The Labute approximate surface area is 168 Å². The first kappa shape index (κ1) is 18.0. The first-order chi connectivity index (χ1) is 14.0. The van der Waals surface area contributed by atoms with Gasteiger partial charge in [-0.3, -0.25) is 9.78 Å². The van der Waals surface area contributed by atoms with Gasteiger partial charge in [-0.05, 0) is 32.0 Å². The lowest BCUT2D eigenvalue weighted by Crippen LogP contribution is -2.36. The SMILES string of the molecule is CC1(C)Cc2cc(NC(=O)c3cc4ccncc4o3)c(N3CCOCC3)cc2O1. The molecule has 0 atom stereocenters. The number of nitrogens with zero attached hydrogens (tertiary/aromatic N) is 2. The van der Waals surface area contributed by atoms with E-state index in [0.717, 1.165) is 47.6 Å². The summed E-state index contributed by atoms with van der Waals surface area (Å²) in [6, 6.07) is 7.62. The number of carbonyl (C=O) groups is 1. The average Bonchev–Trinajstić information content (AvgIpc) is 3.27. The Bertz CT molecular complexity index is 1050. The lowest BCUT2D eigenvalue weighted by molar-refractivity contribution is 0.0998. The summed E-state index contributed by atoms with van der Waals surface area (Å²) in [5, 5.41) is 3.90. The normalized spacial score (nSPS) is 17.8. The number of benzene rings is 1. The van der Waals surface area contributed by atoms with E-state index in [9.17, 15) is 4.79 Å². The number of carbonyl (C=O) groups excluding carboxylic acids is 1. The fourth-order valence-electron chi connectivity index (χ4n) is 3.99. The van der Waals surface area contributed by atoms with Gasteiger partial charge in [0, 0.05) is 42.7 Å². The standard InChI is InChI=1S/C22H23N3O4/c1-22(2)12-15-9-16(17(11-18(15)29-22)25-5-7-27-8-6-25)24-21(26)19-10-14-3-4-23-13-20(14)28-19/h3-4,9-11,13H,5-8,12H2,1-2H3,(H,24,26). The van der Waals surface area contributed by atoms with E-state index < -0.39 is 0 Å². The maximum Gasteiger partial charge on any atom is 0.291 e. The van der Waals surface area contributed by atoms with Crippen LogP contribution in [0.25, 0.3) is 11.0 Å². The van der Waals surface area contributed by atoms with Gasteiger partial charge in [0.05, 0.1) is 30.8 Å². The molecule has 0 radical (unpaired) electrons. The molecule has 2 aliphatic rings. The van der Waals surface area contributed by atoms with Gasteiger partial charge in [0.15, 0.2) is 11.3 Å². The summed E-state index contributed by atoms with van der Waals surface area (Å²) in [7, 11) is 0. The maximum atomic E-state index is 12.9. The van der Waals surface area contributed by atoms with Gasteiger partial charge >= 0.3 is 0 Å². The van der Waals surface area contributed by atoms with Crippen LogP contribution >= 0.6 is 0 Å². The smallest absolute Gasteiger partial charge is 0.291 e. The van der Waals surface area contributed by atoms with Crippen LogP contribution in [-0.2, 0) is 11.2 Å². The summed E-state index contributed by atoms with van der Waals surface area (Å²) in [6.07, 6.45) is 4.09. The van der Waals surface area contributed by atoms with Crippen molar-refractivity contribution < 1.29 is 18.7 Å². The topological polar surface area (TPSA) is 76.8 Å². The molecule has 0 spiro atoms. The van der Waals surface area contributed by atoms with Crippen LogP contribution in [0.2, 0.25) is 0 Å². The Morgan fingerprint density at radius 1 is 1.21 bits per heavy atom. The van der Waals surface area contributed by atoms with Crippen molar-refractivity contribution >= 4 is 28.3 Å². The van der Waals surface area contributed by atoms with Crippen molar-refractivity contribution in [3.8, 4) is 5.75 Å². The van der Waals surface area contributed by atoms with Gasteiger partial charge in [-0.2, -0.15) is 0 Å². The zero-order valence-corrected chi connectivity index (χ0v) is 16.5. The molecule has 4 heterocycles. The molecule has 150 valence electrons. The Morgan fingerprint density at radius 2 is 2.03 bits per heavy atom. The average molecular weight is 393 g/mol. The highest BCUT2D eigenvalue weighted by atomic mass is 16.5. The summed E-state index contributed by atoms with van der Waals surface area (Å²) in [5.74, 6) is 0.858. The Balaban J connectivity index is 1.50. The molecular formula is C22H23N3O4. The number of amides is 1. The highest BCUT2D eigenvalue weighted by molar-refractivity contribution is 6.06. The van der Waals surface area contributed by atoms with E-state index >= 15 is 0 Å². The summed E-state index contributed by atoms with van der Waals surface area (Å²) < 4.78 is 17.3. The summed E-state index contributed by atoms with van der Waals surface area (Å²) in [6.45, 7) is 6.99. The summed E-state index contributed by atoms with van der Waals surface area (Å²) >= 11 is 0. The van der Waals surface area contributed by atoms with E-state index in [1.807, 2.05) is 18.2 Å². The molecule has 7 nitrogen and oxygen atoms in total. The molecule has 0 bridgehead atoms. The van der Waals surface area contributed by atoms with Crippen LogP contribution in [0.3, 0.4) is 0 Å². The van der Waals surface area contributed by atoms with Crippen LogP contribution < -0.4 is 15.0 Å². The van der Waals surface area contributed by atoms with Crippen LogP contribution in [0.1, 0.15) is 30.0 Å². The minimum atomic E-state index is -0.283. The molecule has 0 saturated carbocycles. The van der Waals surface area contributed by atoms with Crippen LogP contribution in [0, 0.1) is 0 Å². The molecule has 7 heteroatoms. The van der Waals surface area contributed by atoms with E-state index in [0.29, 0.717) is 18.8 Å². The van der Waals surface area contributed by atoms with Crippen LogP contribution in [0.5, 0.6) is 5.75 Å². The molecule has 1 amide bonds. The van der Waals surface area contributed by atoms with Gasteiger partial charge in [0.2, 0.25) is 0 Å². The fourth-order valence-corrected chi connectivity index (χ4v) is 3.99. The molecular weight excluding hydrogens is 370 g/mol. The third kappa shape index (κ3) is 3.42. The van der Waals surface area contributed by atoms with Gasteiger partial charge in [0.1, 0.15) is 11.4 Å². The molecule has 5 rings (SSSR count). The number of nitrogens with one attached hydrogen (secondary N) is 1. The lowest BCUT2D eigenvalue weighted by Gasteiger charge is -2.31. The number of aromatic nitrogens is 1. The number of morpholine rings is 1. The fraction of sp³-hybridized carbons (Fsp3) is 0.364. The molecule has 1 aromatic carbocycles. The number of pyridine rings is 1. The predicted octanol–water partition coefficient (Wildman–Crippen LogP) is 3.63. The largest absolute Gasteiger partial charge is 0.487 e. The zero-order chi connectivity index (χ0) is 20.0. The Morgan fingerprint density at radius 3 is 2.83 bits per heavy atom. The van der Waals surface area contributed by atoms with Crippen molar-refractivity contribution in [1.29, 1.82) is 0 Å². The third-order valence-electron chi connectivity index (χ3n) is 5.33. The number of hydrogen-bond acceptors (Lipinski definition) is 6. The molecule has 3 aromatic rings. The van der Waals surface area contributed by atoms with Gasteiger partial charge in [-0.15, -0.1) is 0 Å². The number of ether oxygens (including phenoxy) is 2. The summed E-state index contributed by atoms with van der Waals surface area (Å²) in [5.41, 5.74) is 3.14. The number of rotatable bonds is 3. The van der Waals surface area contributed by atoms with E-state index in [1.54, 1.807) is 18.5 Å². The van der Waals surface area contributed by atoms with E-state index in [-0.39, 0.29) is 17.3 Å². The second kappa shape index (κ2) is 6.77. The number of anilines is 2. The summed E-state index contributed by atoms with van der Waals surface area (Å²) in [4.78, 5) is 19.2. The number of hydrogen-bond donors (Lipinski definition) is 1. The van der Waals surface area contributed by atoms with Crippen LogP contribution in [0.4, 0.5) is 11.4 Å².